The summed E-state index contributed by atoms with van der Waals surface area (Å²) in [4.78, 5) is 14.5. The topological polar surface area (TPSA) is 45.5 Å². The molecule has 4 nitrogen and oxygen atoms in total. The number of nitrogens with one attached hydrogen (secondary N) is 1. The van der Waals surface area contributed by atoms with E-state index in [0.717, 1.165) is 31.6 Å². The second-order valence-corrected chi connectivity index (χ2v) is 6.37. The van der Waals surface area contributed by atoms with Crippen LogP contribution in [0.1, 0.15) is 28.1 Å². The van der Waals surface area contributed by atoms with Crippen molar-refractivity contribution in [1.82, 2.24) is 10.2 Å². The van der Waals surface area contributed by atoms with Crippen molar-refractivity contribution in [2.24, 2.45) is 5.92 Å². The van der Waals surface area contributed by atoms with E-state index in [1.807, 2.05) is 19.1 Å². The Bertz CT molecular complexity index is 691. The summed E-state index contributed by atoms with van der Waals surface area (Å²) in [6, 6.07) is 12.2. The molecule has 0 spiro atoms. The van der Waals surface area contributed by atoms with Gasteiger partial charge in [-0.3, -0.25) is 9.69 Å². The zero-order valence-electron chi connectivity index (χ0n) is 14.1. The number of likely N-dealkylation sites (tertiary alicyclic amines) is 1. The van der Waals surface area contributed by atoms with Crippen molar-refractivity contribution in [3.05, 3.63) is 65.6 Å². The fraction of sp³-hybridized carbons (Fsp3) is 0.350. The van der Waals surface area contributed by atoms with Crippen molar-refractivity contribution in [3.8, 4) is 0 Å². The average Bonchev–Trinajstić information content (AvgIpc) is 3.23. The van der Waals surface area contributed by atoms with Gasteiger partial charge in [-0.25, -0.2) is 0 Å². The lowest BCUT2D eigenvalue weighted by Crippen LogP contribution is -2.31. The summed E-state index contributed by atoms with van der Waals surface area (Å²) in [6.45, 7) is 5.65. The molecule has 1 fully saturated rings. The van der Waals surface area contributed by atoms with Gasteiger partial charge in [0, 0.05) is 25.2 Å². The van der Waals surface area contributed by atoms with Crippen LogP contribution < -0.4 is 5.32 Å². The first-order valence-electron chi connectivity index (χ1n) is 8.48. The highest BCUT2D eigenvalue weighted by atomic mass is 16.3. The van der Waals surface area contributed by atoms with Crippen molar-refractivity contribution in [3.63, 3.8) is 0 Å². The molecule has 1 amide bonds. The molecule has 1 aromatic carbocycles. The molecule has 1 atom stereocenters. The van der Waals surface area contributed by atoms with Crippen LogP contribution in [0.4, 0.5) is 0 Å². The van der Waals surface area contributed by atoms with E-state index in [4.69, 9.17) is 4.42 Å². The number of carbonyl (C=O) groups is 1. The van der Waals surface area contributed by atoms with E-state index in [1.165, 1.54) is 5.56 Å². The molecule has 0 aliphatic carbocycles. The molecule has 0 radical (unpaired) electrons. The summed E-state index contributed by atoms with van der Waals surface area (Å²) in [6.07, 6.45) is 7.05. The van der Waals surface area contributed by atoms with Gasteiger partial charge in [0.25, 0.3) is 5.91 Å². The molecular weight excluding hydrogens is 300 g/mol. The second kappa shape index (κ2) is 7.97. The van der Waals surface area contributed by atoms with Crippen LogP contribution in [0.5, 0.6) is 0 Å². The molecule has 126 valence electrons. The normalized spacial score (nSPS) is 18.3. The predicted molar refractivity (Wildman–Crippen MR) is 95.8 cm³/mol. The SMILES string of the molecule is Cc1ccoc1C(=O)NCC1CCN(C/C=C/c2ccccc2)C1. The number of aryl methyl sites for hydroxylation is 1. The fourth-order valence-electron chi connectivity index (χ4n) is 3.07. The average molecular weight is 324 g/mol. The van der Waals surface area contributed by atoms with E-state index >= 15 is 0 Å². The van der Waals surface area contributed by atoms with Gasteiger partial charge in [0.15, 0.2) is 5.76 Å². The van der Waals surface area contributed by atoms with Crippen molar-refractivity contribution < 1.29 is 9.21 Å². The van der Waals surface area contributed by atoms with E-state index in [9.17, 15) is 4.79 Å². The fourth-order valence-corrected chi connectivity index (χ4v) is 3.07. The minimum Gasteiger partial charge on any atom is -0.459 e. The third-order valence-electron chi connectivity index (χ3n) is 4.46. The Morgan fingerprint density at radius 2 is 2.17 bits per heavy atom. The molecule has 3 rings (SSSR count). The largest absolute Gasteiger partial charge is 0.459 e. The number of furan rings is 1. The van der Waals surface area contributed by atoms with E-state index in [0.29, 0.717) is 18.2 Å². The quantitative estimate of drug-likeness (QED) is 0.886. The third-order valence-corrected chi connectivity index (χ3v) is 4.46. The van der Waals surface area contributed by atoms with Crippen LogP contribution >= 0.6 is 0 Å². The first-order valence-corrected chi connectivity index (χ1v) is 8.48. The van der Waals surface area contributed by atoms with Crippen molar-refractivity contribution in [2.75, 3.05) is 26.2 Å². The lowest BCUT2D eigenvalue weighted by Gasteiger charge is -2.14. The first kappa shape index (κ1) is 16.5. The van der Waals surface area contributed by atoms with E-state index < -0.39 is 0 Å². The number of nitrogens with zero attached hydrogens (tertiary/aromatic N) is 1. The Hall–Kier alpha value is -2.33. The molecule has 1 aliphatic heterocycles. The van der Waals surface area contributed by atoms with Crippen LogP contribution in [0.15, 0.2) is 53.2 Å². The van der Waals surface area contributed by atoms with E-state index in [2.05, 4.69) is 46.6 Å². The number of carbonyl (C=O) groups excluding carboxylic acids is 1. The molecule has 1 aromatic heterocycles. The zero-order valence-corrected chi connectivity index (χ0v) is 14.1. The highest BCUT2D eigenvalue weighted by molar-refractivity contribution is 5.92. The van der Waals surface area contributed by atoms with Crippen molar-refractivity contribution in [1.29, 1.82) is 0 Å². The minimum absolute atomic E-state index is 0.111. The number of benzene rings is 1. The first-order chi connectivity index (χ1) is 11.7. The van der Waals surface area contributed by atoms with Crippen LogP contribution in [-0.4, -0.2) is 37.0 Å². The molecule has 24 heavy (non-hydrogen) atoms. The van der Waals surface area contributed by atoms with Crippen LogP contribution in [0, 0.1) is 12.8 Å². The van der Waals surface area contributed by atoms with Crippen LogP contribution in [-0.2, 0) is 0 Å². The van der Waals surface area contributed by atoms with Crippen LogP contribution in [0.25, 0.3) is 6.08 Å². The zero-order chi connectivity index (χ0) is 16.8. The van der Waals surface area contributed by atoms with Crippen molar-refractivity contribution >= 4 is 12.0 Å². The number of hydrogen-bond acceptors (Lipinski definition) is 3. The van der Waals surface area contributed by atoms with E-state index in [-0.39, 0.29) is 5.91 Å². The third kappa shape index (κ3) is 4.36. The van der Waals surface area contributed by atoms with Gasteiger partial charge < -0.3 is 9.73 Å². The Labute approximate surface area is 143 Å². The van der Waals surface area contributed by atoms with Gasteiger partial charge in [0.05, 0.1) is 6.26 Å². The van der Waals surface area contributed by atoms with Gasteiger partial charge in [0.1, 0.15) is 0 Å². The molecule has 0 bridgehead atoms. The summed E-state index contributed by atoms with van der Waals surface area (Å²) in [7, 11) is 0. The van der Waals surface area contributed by atoms with Gasteiger partial charge in [-0.1, -0.05) is 42.5 Å². The lowest BCUT2D eigenvalue weighted by atomic mass is 10.1. The van der Waals surface area contributed by atoms with Gasteiger partial charge in [-0.2, -0.15) is 0 Å². The molecular formula is C20H24N2O2. The van der Waals surface area contributed by atoms with Gasteiger partial charge in [0.2, 0.25) is 0 Å². The molecule has 1 unspecified atom stereocenters. The molecule has 2 aromatic rings. The second-order valence-electron chi connectivity index (χ2n) is 6.37. The molecule has 1 N–H and O–H groups in total. The summed E-state index contributed by atoms with van der Waals surface area (Å²) in [5.41, 5.74) is 2.11. The maximum Gasteiger partial charge on any atom is 0.287 e. The smallest absolute Gasteiger partial charge is 0.287 e. The highest BCUT2D eigenvalue weighted by Gasteiger charge is 2.22. The standard InChI is InChI=1S/C20H24N2O2/c1-16-10-13-24-19(16)20(23)21-14-18-9-12-22(15-18)11-5-8-17-6-3-2-4-7-17/h2-8,10,13,18H,9,11-12,14-15H2,1H3,(H,21,23)/b8-5+. The molecule has 1 aliphatic rings. The Morgan fingerprint density at radius 1 is 1.33 bits per heavy atom. The molecule has 1 saturated heterocycles. The maximum atomic E-state index is 12.1. The maximum absolute atomic E-state index is 12.1. The van der Waals surface area contributed by atoms with Crippen LogP contribution in [0.2, 0.25) is 0 Å². The summed E-state index contributed by atoms with van der Waals surface area (Å²) < 4.78 is 5.23. The van der Waals surface area contributed by atoms with E-state index in [1.54, 1.807) is 6.26 Å². The summed E-state index contributed by atoms with van der Waals surface area (Å²) in [5.74, 6) is 0.824. The number of amides is 1. The van der Waals surface area contributed by atoms with Crippen LogP contribution in [0.3, 0.4) is 0 Å². The molecule has 2 heterocycles. The Morgan fingerprint density at radius 3 is 2.92 bits per heavy atom. The highest BCUT2D eigenvalue weighted by Crippen LogP contribution is 2.16. The summed E-state index contributed by atoms with van der Waals surface area (Å²) >= 11 is 0. The van der Waals surface area contributed by atoms with Gasteiger partial charge in [-0.15, -0.1) is 0 Å². The Balaban J connectivity index is 1.40. The monoisotopic (exact) mass is 324 g/mol. The number of rotatable bonds is 6. The Kier molecular flexibility index (Phi) is 5.49. The minimum atomic E-state index is -0.111. The summed E-state index contributed by atoms with van der Waals surface area (Å²) in [5, 5.41) is 2.99. The predicted octanol–water partition coefficient (Wildman–Crippen LogP) is 3.35. The molecule has 4 heteroatoms. The molecule has 0 saturated carbocycles. The van der Waals surface area contributed by atoms with Crippen molar-refractivity contribution in [2.45, 2.75) is 13.3 Å². The van der Waals surface area contributed by atoms with Gasteiger partial charge in [-0.05, 0) is 37.4 Å². The number of hydrogen-bond donors (Lipinski definition) is 1. The van der Waals surface area contributed by atoms with Gasteiger partial charge >= 0.3 is 0 Å². The lowest BCUT2D eigenvalue weighted by molar-refractivity contribution is 0.0919.